The molecule has 2 aromatic carbocycles. The van der Waals surface area contributed by atoms with Gasteiger partial charge in [-0.2, -0.15) is 0 Å². The third-order valence-electron chi connectivity index (χ3n) is 3.66. The number of hydrogen-bond donors (Lipinski definition) is 1. The number of fused-ring (bicyclic) bond motifs is 1. The Morgan fingerprint density at radius 3 is 2.65 bits per heavy atom. The van der Waals surface area contributed by atoms with E-state index in [1.54, 1.807) is 36.4 Å². The van der Waals surface area contributed by atoms with Gasteiger partial charge >= 0.3 is 0 Å². The number of amides is 1. The third-order valence-corrected chi connectivity index (χ3v) is 3.90. The molecular formula is C20H13ClN2O3. The van der Waals surface area contributed by atoms with Gasteiger partial charge in [0.2, 0.25) is 5.88 Å². The molecule has 0 bridgehead atoms. The van der Waals surface area contributed by atoms with E-state index in [9.17, 15) is 4.79 Å². The topological polar surface area (TPSA) is 64.4 Å². The van der Waals surface area contributed by atoms with E-state index < -0.39 is 0 Å². The maximum absolute atomic E-state index is 12.3. The second-order valence-electron chi connectivity index (χ2n) is 5.55. The Kier molecular flexibility index (Phi) is 4.29. The Labute approximate surface area is 154 Å². The molecular weight excluding hydrogens is 352 g/mol. The molecule has 0 aliphatic carbocycles. The highest BCUT2D eigenvalue weighted by Crippen LogP contribution is 2.24. The normalized spacial score (nSPS) is 10.7. The first-order valence-corrected chi connectivity index (χ1v) is 8.24. The maximum Gasteiger partial charge on any atom is 0.291 e. The molecule has 1 N–H and O–H groups in total. The van der Waals surface area contributed by atoms with Gasteiger partial charge in [0, 0.05) is 16.5 Å². The highest BCUT2D eigenvalue weighted by Gasteiger charge is 2.13. The average molecular weight is 365 g/mol. The van der Waals surface area contributed by atoms with Gasteiger partial charge in [-0.25, -0.2) is 4.98 Å². The number of ether oxygens (including phenoxy) is 1. The summed E-state index contributed by atoms with van der Waals surface area (Å²) >= 11 is 5.95. The number of benzene rings is 2. The Balaban J connectivity index is 1.46. The van der Waals surface area contributed by atoms with Crippen LogP contribution in [0.15, 0.2) is 77.3 Å². The zero-order valence-corrected chi connectivity index (χ0v) is 14.2. The number of aromatic nitrogens is 1. The number of nitrogens with one attached hydrogen (secondary N) is 1. The number of carbonyl (C=O) groups excluding carboxylic acids is 1. The van der Waals surface area contributed by atoms with E-state index >= 15 is 0 Å². The molecule has 5 nitrogen and oxygen atoms in total. The van der Waals surface area contributed by atoms with Crippen molar-refractivity contribution in [2.45, 2.75) is 0 Å². The van der Waals surface area contributed by atoms with Crippen molar-refractivity contribution in [2.24, 2.45) is 0 Å². The van der Waals surface area contributed by atoms with Crippen molar-refractivity contribution < 1.29 is 13.9 Å². The summed E-state index contributed by atoms with van der Waals surface area (Å²) in [7, 11) is 0. The summed E-state index contributed by atoms with van der Waals surface area (Å²) < 4.78 is 11.2. The first kappa shape index (κ1) is 16.2. The quantitative estimate of drug-likeness (QED) is 0.517. The zero-order chi connectivity index (χ0) is 17.9. The second kappa shape index (κ2) is 6.90. The number of anilines is 1. The van der Waals surface area contributed by atoms with Crippen molar-refractivity contribution >= 4 is 34.2 Å². The smallest absolute Gasteiger partial charge is 0.291 e. The monoisotopic (exact) mass is 364 g/mol. The fraction of sp³-hybridized carbons (Fsp3) is 0. The van der Waals surface area contributed by atoms with Crippen molar-refractivity contribution in [1.29, 1.82) is 0 Å². The number of carbonyl (C=O) groups is 1. The number of para-hydroxylation sites is 1. The molecule has 0 saturated carbocycles. The summed E-state index contributed by atoms with van der Waals surface area (Å²) in [4.78, 5) is 16.5. The van der Waals surface area contributed by atoms with Gasteiger partial charge in [-0.3, -0.25) is 4.79 Å². The van der Waals surface area contributed by atoms with Crippen molar-refractivity contribution in [3.8, 4) is 11.6 Å². The summed E-state index contributed by atoms with van der Waals surface area (Å²) in [6, 6.07) is 19.6. The lowest BCUT2D eigenvalue weighted by molar-refractivity contribution is 0.0998. The van der Waals surface area contributed by atoms with Gasteiger partial charge in [0.1, 0.15) is 11.3 Å². The van der Waals surface area contributed by atoms with Crippen LogP contribution in [-0.4, -0.2) is 10.9 Å². The van der Waals surface area contributed by atoms with Crippen LogP contribution in [0.2, 0.25) is 5.02 Å². The van der Waals surface area contributed by atoms with Crippen molar-refractivity contribution in [3.05, 3.63) is 83.7 Å². The van der Waals surface area contributed by atoms with Gasteiger partial charge in [-0.15, -0.1) is 0 Å². The van der Waals surface area contributed by atoms with Crippen molar-refractivity contribution in [2.75, 3.05) is 5.32 Å². The van der Waals surface area contributed by atoms with Crippen LogP contribution in [0.3, 0.4) is 0 Å². The molecule has 0 atom stereocenters. The average Bonchev–Trinajstić information content (AvgIpc) is 3.07. The lowest BCUT2D eigenvalue weighted by Crippen LogP contribution is -2.10. The van der Waals surface area contributed by atoms with E-state index in [1.165, 1.54) is 6.20 Å². The molecule has 4 aromatic rings. The van der Waals surface area contributed by atoms with Crippen LogP contribution < -0.4 is 10.1 Å². The van der Waals surface area contributed by atoms with Crippen LogP contribution in [0.1, 0.15) is 10.6 Å². The third kappa shape index (κ3) is 3.53. The molecule has 128 valence electrons. The van der Waals surface area contributed by atoms with E-state index in [2.05, 4.69) is 10.3 Å². The molecule has 26 heavy (non-hydrogen) atoms. The Hall–Kier alpha value is -3.31. The van der Waals surface area contributed by atoms with Gasteiger partial charge in [0.05, 0.1) is 11.9 Å². The Bertz CT molecular complexity index is 1060. The second-order valence-corrected chi connectivity index (χ2v) is 5.98. The minimum absolute atomic E-state index is 0.201. The predicted octanol–water partition coefficient (Wildman–Crippen LogP) is 5.53. The first-order valence-electron chi connectivity index (χ1n) is 7.87. The SMILES string of the molecule is O=C(Nc1ccc(Oc2ccccc2)nc1)c1cc2cc(Cl)ccc2o1. The van der Waals surface area contributed by atoms with Gasteiger partial charge in [-0.1, -0.05) is 29.8 Å². The van der Waals surface area contributed by atoms with E-state index in [0.717, 1.165) is 5.39 Å². The fourth-order valence-electron chi connectivity index (χ4n) is 2.44. The standard InChI is InChI=1S/C20H13ClN2O3/c21-14-6-8-17-13(10-14)11-18(26-17)20(24)23-15-7-9-19(22-12-15)25-16-4-2-1-3-5-16/h1-12H,(H,23,24). The number of hydrogen-bond acceptors (Lipinski definition) is 4. The molecule has 0 radical (unpaired) electrons. The van der Waals surface area contributed by atoms with Crippen LogP contribution >= 0.6 is 11.6 Å². The minimum Gasteiger partial charge on any atom is -0.451 e. The summed E-state index contributed by atoms with van der Waals surface area (Å²) in [5.74, 6) is 0.966. The molecule has 2 heterocycles. The molecule has 6 heteroatoms. The highest BCUT2D eigenvalue weighted by molar-refractivity contribution is 6.31. The first-order chi connectivity index (χ1) is 12.7. The van der Waals surface area contributed by atoms with E-state index in [0.29, 0.717) is 27.9 Å². The summed E-state index contributed by atoms with van der Waals surface area (Å²) in [6.07, 6.45) is 1.52. The molecule has 4 rings (SSSR count). The van der Waals surface area contributed by atoms with Gasteiger partial charge in [0.25, 0.3) is 5.91 Å². The lowest BCUT2D eigenvalue weighted by Gasteiger charge is -2.06. The Morgan fingerprint density at radius 1 is 1.04 bits per heavy atom. The van der Waals surface area contributed by atoms with Crippen LogP contribution in [0.25, 0.3) is 11.0 Å². The number of nitrogens with zero attached hydrogens (tertiary/aromatic N) is 1. The molecule has 2 aromatic heterocycles. The molecule has 0 saturated heterocycles. The predicted molar refractivity (Wildman–Crippen MR) is 99.9 cm³/mol. The summed E-state index contributed by atoms with van der Waals surface area (Å²) in [6.45, 7) is 0. The number of rotatable bonds is 4. The van der Waals surface area contributed by atoms with Crippen LogP contribution in [0.4, 0.5) is 5.69 Å². The van der Waals surface area contributed by atoms with E-state index in [-0.39, 0.29) is 11.7 Å². The van der Waals surface area contributed by atoms with Crippen LogP contribution in [-0.2, 0) is 0 Å². The van der Waals surface area contributed by atoms with Gasteiger partial charge in [-0.05, 0) is 42.5 Å². The van der Waals surface area contributed by atoms with E-state index in [4.69, 9.17) is 20.8 Å². The number of halogens is 1. The molecule has 0 fully saturated rings. The number of furan rings is 1. The van der Waals surface area contributed by atoms with Crippen LogP contribution in [0.5, 0.6) is 11.6 Å². The van der Waals surface area contributed by atoms with Crippen LogP contribution in [0, 0.1) is 0 Å². The van der Waals surface area contributed by atoms with E-state index in [1.807, 2.05) is 30.3 Å². The highest BCUT2D eigenvalue weighted by atomic mass is 35.5. The van der Waals surface area contributed by atoms with Gasteiger partial charge in [0.15, 0.2) is 5.76 Å². The summed E-state index contributed by atoms with van der Waals surface area (Å²) in [5.41, 5.74) is 1.14. The minimum atomic E-state index is -0.365. The molecule has 0 aliphatic heterocycles. The largest absolute Gasteiger partial charge is 0.451 e. The van der Waals surface area contributed by atoms with Crippen molar-refractivity contribution in [3.63, 3.8) is 0 Å². The molecule has 1 amide bonds. The number of pyridine rings is 1. The molecule has 0 unspecified atom stereocenters. The lowest BCUT2D eigenvalue weighted by atomic mass is 10.2. The fourth-order valence-corrected chi connectivity index (χ4v) is 2.62. The van der Waals surface area contributed by atoms with Crippen molar-refractivity contribution in [1.82, 2.24) is 4.98 Å². The summed E-state index contributed by atoms with van der Waals surface area (Å²) in [5, 5.41) is 4.10. The van der Waals surface area contributed by atoms with Gasteiger partial charge < -0.3 is 14.5 Å². The molecule has 0 aliphatic rings. The zero-order valence-electron chi connectivity index (χ0n) is 13.5. The Morgan fingerprint density at radius 2 is 1.88 bits per heavy atom. The molecule has 0 spiro atoms. The maximum atomic E-state index is 12.3.